The van der Waals surface area contributed by atoms with Crippen LogP contribution in [0.2, 0.25) is 0 Å². The second kappa shape index (κ2) is 9.27. The summed E-state index contributed by atoms with van der Waals surface area (Å²) in [6, 6.07) is 7.28. The van der Waals surface area contributed by atoms with Crippen LogP contribution in [0.5, 0.6) is 0 Å². The van der Waals surface area contributed by atoms with E-state index in [0.717, 1.165) is 17.0 Å². The normalized spacial score (nSPS) is 11.7. The van der Waals surface area contributed by atoms with E-state index in [1.165, 1.54) is 23.8 Å². The Morgan fingerprint density at radius 1 is 1.11 bits per heavy atom. The molecule has 0 aliphatic rings. The maximum absolute atomic E-state index is 12.2. The number of rotatable bonds is 6. The highest BCUT2D eigenvalue weighted by atomic mass is 32.1. The fraction of sp³-hybridized carbons (Fsp3) is 0.368. The molecule has 1 heterocycles. The van der Waals surface area contributed by atoms with Crippen LogP contribution in [0.15, 0.2) is 29.6 Å². The number of nitrogens with zero attached hydrogens (tertiary/aromatic N) is 1. The molecule has 1 atom stereocenters. The van der Waals surface area contributed by atoms with Gasteiger partial charge in [-0.05, 0) is 17.9 Å². The zero-order chi connectivity index (χ0) is 20.0. The van der Waals surface area contributed by atoms with Gasteiger partial charge in [0.1, 0.15) is 16.7 Å². The molecule has 0 aliphatic heterocycles. The molecule has 0 unspecified atom stereocenters. The molecule has 0 radical (unpaired) electrons. The van der Waals surface area contributed by atoms with Crippen molar-refractivity contribution < 1.29 is 14.4 Å². The number of hydrazine groups is 1. The third-order valence-corrected chi connectivity index (χ3v) is 4.84. The molecule has 1 aromatic carbocycles. The molecule has 1 aromatic heterocycles. The summed E-state index contributed by atoms with van der Waals surface area (Å²) in [7, 11) is 0. The van der Waals surface area contributed by atoms with Crippen molar-refractivity contribution in [1.82, 2.24) is 21.2 Å². The van der Waals surface area contributed by atoms with Gasteiger partial charge in [0.25, 0.3) is 11.8 Å². The van der Waals surface area contributed by atoms with Crippen molar-refractivity contribution in [3.63, 3.8) is 0 Å². The molecule has 27 heavy (non-hydrogen) atoms. The van der Waals surface area contributed by atoms with E-state index in [9.17, 15) is 14.4 Å². The van der Waals surface area contributed by atoms with E-state index in [2.05, 4.69) is 28.1 Å². The Bertz CT molecular complexity index is 815. The number of carbonyl (C=O) groups is 3. The molecule has 2 aromatic rings. The highest BCUT2D eigenvalue weighted by molar-refractivity contribution is 7.13. The van der Waals surface area contributed by atoms with Crippen LogP contribution in [0.3, 0.4) is 0 Å². The van der Waals surface area contributed by atoms with Crippen LogP contribution in [0.1, 0.15) is 43.7 Å². The number of amides is 3. The zero-order valence-electron chi connectivity index (χ0n) is 15.8. The molecular formula is C19H24N4O3S. The Hall–Kier alpha value is -2.74. The zero-order valence-corrected chi connectivity index (χ0v) is 16.6. The number of carbonyl (C=O) groups excluding carboxylic acids is 3. The second-order valence-corrected chi connectivity index (χ2v) is 7.31. The first-order valence-electron chi connectivity index (χ1n) is 8.74. The molecule has 8 heteroatoms. The molecule has 0 spiro atoms. The third kappa shape index (κ3) is 5.62. The molecular weight excluding hydrogens is 364 g/mol. The predicted octanol–water partition coefficient (Wildman–Crippen LogP) is 2.29. The summed E-state index contributed by atoms with van der Waals surface area (Å²) in [6.45, 7) is 7.03. The van der Waals surface area contributed by atoms with E-state index in [4.69, 9.17) is 0 Å². The van der Waals surface area contributed by atoms with Crippen molar-refractivity contribution in [3.05, 3.63) is 40.9 Å². The van der Waals surface area contributed by atoms with Gasteiger partial charge in [0, 0.05) is 17.9 Å². The van der Waals surface area contributed by atoms with Gasteiger partial charge >= 0.3 is 0 Å². The largest absolute Gasteiger partial charge is 0.344 e. The lowest BCUT2D eigenvalue weighted by Crippen LogP contribution is -2.54. The Morgan fingerprint density at radius 3 is 2.33 bits per heavy atom. The molecule has 2 rings (SSSR count). The Balaban J connectivity index is 1.99. The van der Waals surface area contributed by atoms with Crippen LogP contribution in [0, 0.1) is 5.92 Å². The summed E-state index contributed by atoms with van der Waals surface area (Å²) < 4.78 is 0. The first-order chi connectivity index (χ1) is 12.8. The second-order valence-electron chi connectivity index (χ2n) is 6.45. The highest BCUT2D eigenvalue weighted by Gasteiger charge is 2.23. The molecule has 3 amide bonds. The van der Waals surface area contributed by atoms with Gasteiger partial charge in [-0.2, -0.15) is 0 Å². The number of nitrogens with one attached hydrogen (secondary N) is 3. The summed E-state index contributed by atoms with van der Waals surface area (Å²) in [5.41, 5.74) is 7.07. The molecule has 144 valence electrons. The monoisotopic (exact) mass is 388 g/mol. The van der Waals surface area contributed by atoms with Crippen LogP contribution >= 0.6 is 11.3 Å². The fourth-order valence-electron chi connectivity index (χ4n) is 2.41. The number of hydrogen-bond acceptors (Lipinski definition) is 5. The smallest absolute Gasteiger partial charge is 0.289 e. The van der Waals surface area contributed by atoms with E-state index in [-0.39, 0.29) is 17.5 Å². The standard InChI is InChI=1S/C19H24N4O3S/c1-5-13-6-8-14(9-7-13)19-21-15(10-27-19)17(25)22-23-18(26)16(11(2)3)20-12(4)24/h6-11,16H,5H2,1-4H3,(H,20,24)(H,22,25)(H,23,26)/t16-/m0/s1. The molecule has 0 saturated heterocycles. The number of aryl methyl sites for hydroxylation is 1. The van der Waals surface area contributed by atoms with Crippen LogP contribution in [0.25, 0.3) is 10.6 Å². The lowest BCUT2D eigenvalue weighted by Gasteiger charge is -2.20. The maximum Gasteiger partial charge on any atom is 0.289 e. The van der Waals surface area contributed by atoms with Crippen LogP contribution in [-0.2, 0) is 16.0 Å². The van der Waals surface area contributed by atoms with Gasteiger partial charge in [-0.1, -0.05) is 45.0 Å². The van der Waals surface area contributed by atoms with Crippen molar-refractivity contribution in [1.29, 1.82) is 0 Å². The van der Waals surface area contributed by atoms with Gasteiger partial charge in [0.2, 0.25) is 5.91 Å². The van der Waals surface area contributed by atoms with Gasteiger partial charge in [-0.15, -0.1) is 11.3 Å². The molecule has 0 bridgehead atoms. The van der Waals surface area contributed by atoms with Crippen LogP contribution in [-0.4, -0.2) is 28.7 Å². The van der Waals surface area contributed by atoms with Crippen molar-refractivity contribution >= 4 is 29.1 Å². The van der Waals surface area contributed by atoms with Gasteiger partial charge in [0.15, 0.2) is 0 Å². The topological polar surface area (TPSA) is 100 Å². The Kier molecular flexibility index (Phi) is 7.06. The fourth-order valence-corrected chi connectivity index (χ4v) is 3.21. The van der Waals surface area contributed by atoms with Gasteiger partial charge in [0.05, 0.1) is 0 Å². The Labute approximate surface area is 162 Å². The summed E-state index contributed by atoms with van der Waals surface area (Å²) in [5, 5.41) is 4.93. The van der Waals surface area contributed by atoms with E-state index >= 15 is 0 Å². The predicted molar refractivity (Wildman–Crippen MR) is 105 cm³/mol. The summed E-state index contributed by atoms with van der Waals surface area (Å²) in [4.78, 5) is 40.0. The minimum absolute atomic E-state index is 0.122. The lowest BCUT2D eigenvalue weighted by molar-refractivity contribution is -0.129. The molecule has 0 aliphatic carbocycles. The molecule has 7 nitrogen and oxygen atoms in total. The number of thiazole rings is 1. The maximum atomic E-state index is 12.2. The SMILES string of the molecule is CCc1ccc(-c2nc(C(=O)NNC(=O)[C@@H](NC(C)=O)C(C)C)cs2)cc1. The highest BCUT2D eigenvalue weighted by Crippen LogP contribution is 2.24. The average molecular weight is 388 g/mol. The first-order valence-corrected chi connectivity index (χ1v) is 9.62. The van der Waals surface area contributed by atoms with Crippen molar-refractivity contribution in [2.24, 2.45) is 5.92 Å². The minimum atomic E-state index is -0.731. The van der Waals surface area contributed by atoms with Crippen LogP contribution < -0.4 is 16.2 Å². The summed E-state index contributed by atoms with van der Waals surface area (Å²) in [5.74, 6) is -1.43. The quantitative estimate of drug-likeness (QED) is 0.661. The lowest BCUT2D eigenvalue weighted by atomic mass is 10.0. The summed E-state index contributed by atoms with van der Waals surface area (Å²) >= 11 is 1.36. The van der Waals surface area contributed by atoms with E-state index < -0.39 is 17.9 Å². The third-order valence-electron chi connectivity index (χ3n) is 3.95. The van der Waals surface area contributed by atoms with Crippen molar-refractivity contribution in [3.8, 4) is 10.6 Å². The van der Waals surface area contributed by atoms with Crippen molar-refractivity contribution in [2.75, 3.05) is 0 Å². The molecule has 0 saturated carbocycles. The van der Waals surface area contributed by atoms with E-state index in [1.807, 2.05) is 24.3 Å². The average Bonchev–Trinajstić information content (AvgIpc) is 3.14. The number of hydrogen-bond donors (Lipinski definition) is 3. The number of aromatic nitrogens is 1. The molecule has 3 N–H and O–H groups in total. The first kappa shape index (κ1) is 20.6. The van der Waals surface area contributed by atoms with E-state index in [1.54, 1.807) is 19.2 Å². The van der Waals surface area contributed by atoms with Crippen LogP contribution in [0.4, 0.5) is 0 Å². The molecule has 0 fully saturated rings. The minimum Gasteiger partial charge on any atom is -0.344 e. The Morgan fingerprint density at radius 2 is 1.78 bits per heavy atom. The van der Waals surface area contributed by atoms with E-state index in [0.29, 0.717) is 0 Å². The van der Waals surface area contributed by atoms with Gasteiger partial charge in [-0.25, -0.2) is 4.98 Å². The van der Waals surface area contributed by atoms with Crippen molar-refractivity contribution in [2.45, 2.75) is 40.2 Å². The summed E-state index contributed by atoms with van der Waals surface area (Å²) in [6.07, 6.45) is 0.960. The number of benzene rings is 1. The van der Waals surface area contributed by atoms with Gasteiger partial charge in [-0.3, -0.25) is 25.2 Å². The van der Waals surface area contributed by atoms with Gasteiger partial charge < -0.3 is 5.32 Å².